The molecule has 3 aromatic carbocycles. The molecule has 0 saturated carbocycles. The highest BCUT2D eigenvalue weighted by Gasteiger charge is 2.30. The van der Waals surface area contributed by atoms with E-state index in [4.69, 9.17) is 19.9 Å². The van der Waals surface area contributed by atoms with Gasteiger partial charge in [0.2, 0.25) is 0 Å². The molecule has 1 fully saturated rings. The number of aromatic nitrogens is 2. The molecule has 43 heavy (non-hydrogen) atoms. The first-order chi connectivity index (χ1) is 20.7. The maximum absolute atomic E-state index is 14.0. The maximum Gasteiger partial charge on any atom is 0.414 e. The Labute approximate surface area is 243 Å². The molecule has 0 unspecified atom stereocenters. The van der Waals surface area contributed by atoms with Crippen LogP contribution in [0.2, 0.25) is 0 Å². The minimum atomic E-state index is -2.71. The van der Waals surface area contributed by atoms with Crippen LogP contribution in [0.4, 0.5) is 29.5 Å². The molecule has 0 spiro atoms. The first-order valence-corrected chi connectivity index (χ1v) is 13.3. The molecule has 6 rings (SSSR count). The van der Waals surface area contributed by atoms with Crippen LogP contribution in [-0.2, 0) is 11.2 Å². The number of halogens is 3. The fourth-order valence-electron chi connectivity index (χ4n) is 5.08. The van der Waals surface area contributed by atoms with Crippen LogP contribution in [0.15, 0.2) is 66.4 Å². The molecule has 9 nitrogen and oxygen atoms in total. The number of hydrogen-bond donors (Lipinski definition) is 1. The molecule has 1 aliphatic heterocycles. The molecule has 1 aromatic heterocycles. The lowest BCUT2D eigenvalue weighted by molar-refractivity contribution is 0.0821. The summed E-state index contributed by atoms with van der Waals surface area (Å²) in [5.41, 5.74) is 9.94. The monoisotopic (exact) mass is 590 g/mol. The minimum Gasteiger partial charge on any atom is -0.485 e. The average Bonchev–Trinajstić information content (AvgIpc) is 3.70. The van der Waals surface area contributed by atoms with Crippen LogP contribution >= 0.6 is 0 Å². The predicted octanol–water partition coefficient (Wildman–Crippen LogP) is 6.12. The van der Waals surface area contributed by atoms with Gasteiger partial charge < -0.3 is 19.9 Å². The lowest BCUT2D eigenvalue weighted by atomic mass is 10.0. The third-order valence-electron chi connectivity index (χ3n) is 7.15. The van der Waals surface area contributed by atoms with E-state index in [1.165, 1.54) is 27.9 Å². The normalized spacial score (nSPS) is 14.1. The number of nitrogens with two attached hydrogens (primary N) is 1. The second-order valence-corrected chi connectivity index (χ2v) is 10.00. The van der Waals surface area contributed by atoms with Crippen LogP contribution in [0.3, 0.4) is 0 Å². The summed E-state index contributed by atoms with van der Waals surface area (Å²) in [6.07, 6.45) is -0.0571. The Morgan fingerprint density at radius 2 is 1.93 bits per heavy atom. The van der Waals surface area contributed by atoms with Gasteiger partial charge >= 0.3 is 6.09 Å². The first kappa shape index (κ1) is 27.9. The molecule has 4 aromatic rings. The molecule has 0 radical (unpaired) electrons. The smallest absolute Gasteiger partial charge is 0.414 e. The summed E-state index contributed by atoms with van der Waals surface area (Å²) in [7, 11) is 0. The number of para-hydroxylation sites is 1. The van der Waals surface area contributed by atoms with Crippen molar-refractivity contribution in [3.8, 4) is 22.9 Å². The second kappa shape index (κ2) is 11.2. The van der Waals surface area contributed by atoms with Crippen molar-refractivity contribution in [1.82, 2.24) is 9.78 Å². The lowest BCUT2D eigenvalue weighted by Gasteiger charge is -2.19. The Bertz CT molecular complexity index is 1790. The fourth-order valence-corrected chi connectivity index (χ4v) is 5.08. The Hall–Kier alpha value is -5.26. The van der Waals surface area contributed by atoms with E-state index in [0.29, 0.717) is 28.3 Å². The van der Waals surface area contributed by atoms with Crippen molar-refractivity contribution in [1.29, 1.82) is 0 Å². The largest absolute Gasteiger partial charge is 0.485 e. The Morgan fingerprint density at radius 1 is 1.12 bits per heavy atom. The van der Waals surface area contributed by atoms with E-state index in [-0.39, 0.29) is 48.2 Å². The summed E-state index contributed by atoms with van der Waals surface area (Å²) < 4.78 is 57.3. The fraction of sp³-hybridized carbons (Fsp3) is 0.194. The second-order valence-electron chi connectivity index (χ2n) is 10.00. The number of Topliss-reactive ketones (excluding diaryl/α,β-unsaturated/α-hetero) is 1. The number of anilines is 2. The number of allylic oxidation sites excluding steroid dienone is 1. The summed E-state index contributed by atoms with van der Waals surface area (Å²) in [6, 6.07) is 14.3. The van der Waals surface area contributed by atoms with Crippen LogP contribution in [0.1, 0.15) is 27.0 Å². The summed E-state index contributed by atoms with van der Waals surface area (Å²) in [4.78, 5) is 27.1. The van der Waals surface area contributed by atoms with Crippen molar-refractivity contribution in [3.63, 3.8) is 0 Å². The SMILES string of the molecule is Cc1cc(Oc2ccccc2F)ccc1-n1ncc(C(=O)C2=Cc3cc(OCC(F)F)c(N4CCOC4=O)cc3C2)c1N. The molecule has 0 bridgehead atoms. The van der Waals surface area contributed by atoms with Crippen molar-refractivity contribution < 1.29 is 37.0 Å². The molecular weight excluding hydrogens is 565 g/mol. The van der Waals surface area contributed by atoms with Crippen LogP contribution in [0, 0.1) is 12.7 Å². The van der Waals surface area contributed by atoms with Gasteiger partial charge in [0, 0.05) is 12.0 Å². The number of hydrogen-bond acceptors (Lipinski definition) is 7. The molecule has 1 saturated heterocycles. The Balaban J connectivity index is 1.24. The minimum absolute atomic E-state index is 0.0900. The van der Waals surface area contributed by atoms with E-state index >= 15 is 0 Å². The molecule has 12 heteroatoms. The number of benzene rings is 3. The number of cyclic esters (lactones) is 1. The van der Waals surface area contributed by atoms with Crippen molar-refractivity contribution >= 4 is 29.5 Å². The Kier molecular flexibility index (Phi) is 7.26. The number of rotatable bonds is 9. The first-order valence-electron chi connectivity index (χ1n) is 13.3. The molecule has 1 aliphatic carbocycles. The van der Waals surface area contributed by atoms with Gasteiger partial charge in [0.25, 0.3) is 6.43 Å². The van der Waals surface area contributed by atoms with Crippen LogP contribution in [-0.4, -0.2) is 47.8 Å². The van der Waals surface area contributed by atoms with Crippen molar-refractivity contribution in [2.24, 2.45) is 0 Å². The van der Waals surface area contributed by atoms with E-state index in [1.807, 2.05) is 6.92 Å². The molecular formula is C31H25F3N4O5. The molecule has 1 amide bonds. The summed E-state index contributed by atoms with van der Waals surface area (Å²) in [5.74, 6) is -0.122. The highest BCUT2D eigenvalue weighted by Crippen LogP contribution is 2.39. The molecule has 0 atom stereocenters. The number of carbonyl (C=O) groups excluding carboxylic acids is 2. The zero-order valence-corrected chi connectivity index (χ0v) is 22.9. The predicted molar refractivity (Wildman–Crippen MR) is 152 cm³/mol. The van der Waals surface area contributed by atoms with Crippen LogP contribution < -0.4 is 20.1 Å². The van der Waals surface area contributed by atoms with Gasteiger partial charge in [-0.1, -0.05) is 12.1 Å². The number of carbonyl (C=O) groups is 2. The standard InChI is InChI=1S/C31H25F3N4O5/c1-17-10-21(43-26-5-3-2-4-23(26)32)6-7-24(17)38-30(35)22(15-36-38)29(39)20-11-18-13-25(37-8-9-41-31(37)40)27(14-19(18)12-20)42-16-28(33)34/h2-7,10,12-15,28H,8-9,11,16,35H2,1H3. The number of aryl methyl sites for hydroxylation is 1. The van der Waals surface area contributed by atoms with Gasteiger partial charge in [0.15, 0.2) is 17.3 Å². The van der Waals surface area contributed by atoms with E-state index in [1.54, 1.807) is 48.5 Å². The maximum atomic E-state index is 14.0. The molecule has 2 aliphatic rings. The average molecular weight is 591 g/mol. The molecule has 220 valence electrons. The zero-order chi connectivity index (χ0) is 30.2. The van der Waals surface area contributed by atoms with Gasteiger partial charge in [-0.05, 0) is 72.2 Å². The number of ether oxygens (including phenoxy) is 3. The summed E-state index contributed by atoms with van der Waals surface area (Å²) in [5, 5.41) is 4.34. The van der Waals surface area contributed by atoms with E-state index in [2.05, 4.69) is 5.10 Å². The van der Waals surface area contributed by atoms with Gasteiger partial charge in [-0.2, -0.15) is 5.10 Å². The van der Waals surface area contributed by atoms with Gasteiger partial charge in [-0.3, -0.25) is 9.69 Å². The molecule has 2 N–H and O–H groups in total. The quantitative estimate of drug-likeness (QED) is 0.234. The van der Waals surface area contributed by atoms with E-state index in [0.717, 1.165) is 11.1 Å². The van der Waals surface area contributed by atoms with Gasteiger partial charge in [-0.15, -0.1) is 0 Å². The van der Waals surface area contributed by atoms with Crippen LogP contribution in [0.5, 0.6) is 17.2 Å². The van der Waals surface area contributed by atoms with Crippen LogP contribution in [0.25, 0.3) is 11.8 Å². The number of alkyl halides is 2. The van der Waals surface area contributed by atoms with Crippen molar-refractivity contribution in [2.75, 3.05) is 30.4 Å². The third kappa shape index (κ3) is 5.39. The van der Waals surface area contributed by atoms with Gasteiger partial charge in [0.05, 0.1) is 29.7 Å². The Morgan fingerprint density at radius 3 is 2.65 bits per heavy atom. The topological polar surface area (TPSA) is 109 Å². The number of nitrogens with zero attached hydrogens (tertiary/aromatic N) is 3. The van der Waals surface area contributed by atoms with Gasteiger partial charge in [0.1, 0.15) is 30.5 Å². The number of nitrogen functional groups attached to an aromatic ring is 1. The molecule has 2 heterocycles. The van der Waals surface area contributed by atoms with E-state index < -0.39 is 24.9 Å². The number of fused-ring (bicyclic) bond motifs is 1. The summed E-state index contributed by atoms with van der Waals surface area (Å²) >= 11 is 0. The third-order valence-corrected chi connectivity index (χ3v) is 7.15. The van der Waals surface area contributed by atoms with Crippen molar-refractivity contribution in [3.05, 3.63) is 94.4 Å². The number of amides is 1. The lowest BCUT2D eigenvalue weighted by Crippen LogP contribution is -2.24. The highest BCUT2D eigenvalue weighted by molar-refractivity contribution is 6.15. The van der Waals surface area contributed by atoms with Crippen molar-refractivity contribution in [2.45, 2.75) is 19.8 Å². The van der Waals surface area contributed by atoms with Gasteiger partial charge in [-0.25, -0.2) is 22.6 Å². The van der Waals surface area contributed by atoms with E-state index in [9.17, 15) is 22.8 Å². The highest BCUT2D eigenvalue weighted by atomic mass is 19.3. The zero-order valence-electron chi connectivity index (χ0n) is 22.9. The summed E-state index contributed by atoms with van der Waals surface area (Å²) in [6.45, 7) is 1.36. The number of ketones is 1.